The number of rotatable bonds is 12. The minimum atomic E-state index is -4.16. The molecule has 4 aromatic carbocycles. The van der Waals surface area contributed by atoms with Crippen molar-refractivity contribution in [1.82, 2.24) is 10.2 Å². The van der Waals surface area contributed by atoms with Crippen molar-refractivity contribution < 1.29 is 18.0 Å². The Bertz CT molecular complexity index is 1770. The predicted octanol–water partition coefficient (Wildman–Crippen LogP) is 7.24. The summed E-state index contributed by atoms with van der Waals surface area (Å²) in [6.45, 7) is 3.28. The SMILES string of the molecule is Cc1ccc(S(=O)(=O)N(CC(=O)N(Cc2cccc(Cl)c2)[C@@H](Cc2ccccc2)C(=O)NC2CCCCC2)c2ccccc2C)cc1. The lowest BCUT2D eigenvalue weighted by atomic mass is 9.94. The highest BCUT2D eigenvalue weighted by atomic mass is 35.5. The van der Waals surface area contributed by atoms with Crippen LogP contribution in [0.3, 0.4) is 0 Å². The van der Waals surface area contributed by atoms with E-state index >= 15 is 0 Å². The summed E-state index contributed by atoms with van der Waals surface area (Å²) in [4.78, 5) is 30.5. The fourth-order valence-electron chi connectivity index (χ4n) is 6.12. The van der Waals surface area contributed by atoms with Gasteiger partial charge in [0.2, 0.25) is 11.8 Å². The van der Waals surface area contributed by atoms with Crippen LogP contribution in [0.25, 0.3) is 0 Å². The van der Waals surface area contributed by atoms with Gasteiger partial charge in [-0.25, -0.2) is 8.42 Å². The van der Waals surface area contributed by atoms with Gasteiger partial charge in [-0.1, -0.05) is 109 Å². The van der Waals surface area contributed by atoms with Crippen LogP contribution < -0.4 is 9.62 Å². The van der Waals surface area contributed by atoms with Crippen molar-refractivity contribution in [1.29, 1.82) is 0 Å². The molecule has 4 aromatic rings. The second-order valence-corrected chi connectivity index (χ2v) is 14.6. The number of halogens is 1. The minimum absolute atomic E-state index is 0.0306. The first kappa shape index (κ1) is 34.2. The summed E-state index contributed by atoms with van der Waals surface area (Å²) in [6, 6.07) is 29.6. The molecule has 0 bridgehead atoms. The topological polar surface area (TPSA) is 86.8 Å². The Morgan fingerprint density at radius 3 is 2.17 bits per heavy atom. The smallest absolute Gasteiger partial charge is 0.264 e. The molecule has 246 valence electrons. The number of amides is 2. The molecule has 0 heterocycles. The van der Waals surface area contributed by atoms with E-state index in [1.807, 2.05) is 62.4 Å². The maximum Gasteiger partial charge on any atom is 0.264 e. The van der Waals surface area contributed by atoms with Crippen LogP contribution in [-0.4, -0.2) is 43.8 Å². The lowest BCUT2D eigenvalue weighted by Gasteiger charge is -2.35. The molecule has 9 heteroatoms. The van der Waals surface area contributed by atoms with E-state index in [0.29, 0.717) is 16.3 Å². The molecule has 7 nitrogen and oxygen atoms in total. The molecule has 0 aromatic heterocycles. The monoisotopic (exact) mass is 671 g/mol. The molecule has 0 spiro atoms. The van der Waals surface area contributed by atoms with E-state index < -0.39 is 28.5 Å². The molecule has 5 rings (SSSR count). The van der Waals surface area contributed by atoms with Crippen LogP contribution in [0, 0.1) is 13.8 Å². The Labute approximate surface area is 283 Å². The van der Waals surface area contributed by atoms with Gasteiger partial charge in [-0.05, 0) is 73.7 Å². The zero-order valence-corrected chi connectivity index (χ0v) is 28.5. The highest BCUT2D eigenvalue weighted by Gasteiger charge is 2.35. The summed E-state index contributed by atoms with van der Waals surface area (Å²) in [6.07, 6.45) is 5.28. The zero-order chi connectivity index (χ0) is 33.4. The number of anilines is 1. The Kier molecular flexibility index (Phi) is 11.4. The van der Waals surface area contributed by atoms with Crippen molar-refractivity contribution in [2.75, 3.05) is 10.8 Å². The summed E-state index contributed by atoms with van der Waals surface area (Å²) in [5.74, 6) is -0.747. The van der Waals surface area contributed by atoms with E-state index in [-0.39, 0.29) is 29.8 Å². The van der Waals surface area contributed by atoms with Gasteiger partial charge in [0, 0.05) is 24.0 Å². The van der Waals surface area contributed by atoms with E-state index in [1.54, 1.807) is 54.6 Å². The fraction of sp³-hybridized carbons (Fsp3) is 0.316. The van der Waals surface area contributed by atoms with Crippen LogP contribution in [0.2, 0.25) is 5.02 Å². The largest absolute Gasteiger partial charge is 0.352 e. The van der Waals surface area contributed by atoms with Gasteiger partial charge < -0.3 is 10.2 Å². The zero-order valence-electron chi connectivity index (χ0n) is 26.9. The number of hydrogen-bond acceptors (Lipinski definition) is 4. The number of carbonyl (C=O) groups is 2. The standard InChI is InChI=1S/C38H42ClN3O4S/c1-28-20-22-34(23-21-28)47(45,46)42(35-19-10-9-12-29(35)2)27-37(43)41(26-31-15-11-16-32(39)24-31)36(25-30-13-5-3-6-14-30)38(44)40-33-17-7-4-8-18-33/h3,5-6,9-16,19-24,33,36H,4,7-8,17-18,25-27H2,1-2H3,(H,40,44)/t36-/m0/s1. The highest BCUT2D eigenvalue weighted by Crippen LogP contribution is 2.28. The predicted molar refractivity (Wildman–Crippen MR) is 188 cm³/mol. The minimum Gasteiger partial charge on any atom is -0.352 e. The van der Waals surface area contributed by atoms with Crippen molar-refractivity contribution in [2.24, 2.45) is 0 Å². The Balaban J connectivity index is 1.57. The molecule has 47 heavy (non-hydrogen) atoms. The van der Waals surface area contributed by atoms with Crippen molar-refractivity contribution in [3.05, 3.63) is 130 Å². The van der Waals surface area contributed by atoms with E-state index in [2.05, 4.69) is 5.32 Å². The molecule has 1 aliphatic carbocycles. The lowest BCUT2D eigenvalue weighted by Crippen LogP contribution is -2.55. The summed E-state index contributed by atoms with van der Waals surface area (Å²) >= 11 is 6.36. The number of para-hydroxylation sites is 1. The summed E-state index contributed by atoms with van der Waals surface area (Å²) in [7, 11) is -4.16. The quantitative estimate of drug-likeness (QED) is 0.172. The van der Waals surface area contributed by atoms with Crippen LogP contribution in [-0.2, 0) is 32.6 Å². The molecular formula is C38H42ClN3O4S. The molecule has 0 radical (unpaired) electrons. The first-order chi connectivity index (χ1) is 22.6. The molecule has 1 saturated carbocycles. The second-order valence-electron chi connectivity index (χ2n) is 12.3. The number of aryl methyl sites for hydroxylation is 2. The normalized spacial score (nSPS) is 14.3. The molecule has 2 amide bonds. The number of nitrogens with zero attached hydrogens (tertiary/aromatic N) is 2. The second kappa shape index (κ2) is 15.6. The fourth-order valence-corrected chi connectivity index (χ4v) is 7.82. The summed E-state index contributed by atoms with van der Waals surface area (Å²) in [5.41, 5.74) is 3.65. The van der Waals surface area contributed by atoms with Crippen molar-refractivity contribution in [3.63, 3.8) is 0 Å². The molecular weight excluding hydrogens is 630 g/mol. The van der Waals surface area contributed by atoms with Crippen molar-refractivity contribution in [2.45, 2.75) is 75.9 Å². The van der Waals surface area contributed by atoms with Gasteiger partial charge in [0.1, 0.15) is 12.6 Å². The number of nitrogens with one attached hydrogen (secondary N) is 1. The van der Waals surface area contributed by atoms with Crippen LogP contribution >= 0.6 is 11.6 Å². The Morgan fingerprint density at radius 1 is 0.830 bits per heavy atom. The first-order valence-corrected chi connectivity index (χ1v) is 18.0. The van der Waals surface area contributed by atoms with Gasteiger partial charge in [0.15, 0.2) is 0 Å². The maximum atomic E-state index is 14.7. The van der Waals surface area contributed by atoms with Gasteiger partial charge in [-0.2, -0.15) is 0 Å². The summed E-state index contributed by atoms with van der Waals surface area (Å²) < 4.78 is 29.7. The van der Waals surface area contributed by atoms with Gasteiger partial charge in [-0.3, -0.25) is 13.9 Å². The first-order valence-electron chi connectivity index (χ1n) is 16.1. The molecule has 1 N–H and O–H groups in total. The van der Waals surface area contributed by atoms with Gasteiger partial charge in [0.05, 0.1) is 10.6 Å². The number of carbonyl (C=O) groups excluding carboxylic acids is 2. The molecule has 0 saturated heterocycles. The summed E-state index contributed by atoms with van der Waals surface area (Å²) in [5, 5.41) is 3.74. The third kappa shape index (κ3) is 8.82. The van der Waals surface area contributed by atoms with Gasteiger partial charge in [-0.15, -0.1) is 0 Å². The third-order valence-electron chi connectivity index (χ3n) is 8.74. The molecule has 0 unspecified atom stereocenters. The number of benzene rings is 4. The van der Waals surface area contributed by atoms with Crippen molar-refractivity contribution in [3.8, 4) is 0 Å². The van der Waals surface area contributed by atoms with E-state index in [0.717, 1.165) is 48.8 Å². The molecule has 1 fully saturated rings. The van der Waals surface area contributed by atoms with Crippen molar-refractivity contribution >= 4 is 39.1 Å². The van der Waals surface area contributed by atoms with E-state index in [4.69, 9.17) is 11.6 Å². The average Bonchev–Trinajstić information content (AvgIpc) is 3.06. The number of hydrogen-bond donors (Lipinski definition) is 1. The van der Waals surface area contributed by atoms with Crippen LogP contribution in [0.4, 0.5) is 5.69 Å². The number of sulfonamides is 1. The van der Waals surface area contributed by atoms with Crippen LogP contribution in [0.1, 0.15) is 54.4 Å². The third-order valence-corrected chi connectivity index (χ3v) is 10.7. The van der Waals surface area contributed by atoms with Crippen LogP contribution in [0.5, 0.6) is 0 Å². The lowest BCUT2D eigenvalue weighted by molar-refractivity contribution is -0.140. The average molecular weight is 672 g/mol. The Hall–Kier alpha value is -4.14. The maximum absolute atomic E-state index is 14.7. The van der Waals surface area contributed by atoms with Crippen LogP contribution in [0.15, 0.2) is 108 Å². The highest BCUT2D eigenvalue weighted by molar-refractivity contribution is 7.92. The molecule has 0 aliphatic heterocycles. The Morgan fingerprint density at radius 2 is 1.49 bits per heavy atom. The van der Waals surface area contributed by atoms with E-state index in [1.165, 1.54) is 9.21 Å². The molecule has 1 atom stereocenters. The van der Waals surface area contributed by atoms with Gasteiger partial charge in [0.25, 0.3) is 10.0 Å². The van der Waals surface area contributed by atoms with E-state index in [9.17, 15) is 18.0 Å². The molecule has 1 aliphatic rings. The van der Waals surface area contributed by atoms with Gasteiger partial charge >= 0.3 is 0 Å².